The number of carbonyl (C=O) groups excluding carboxylic acids is 1. The second kappa shape index (κ2) is 8.68. The van der Waals surface area contributed by atoms with E-state index < -0.39 is 5.97 Å². The van der Waals surface area contributed by atoms with Gasteiger partial charge in [0.1, 0.15) is 17.1 Å². The number of ether oxygens (including phenoxy) is 4. The van der Waals surface area contributed by atoms with Crippen molar-refractivity contribution < 1.29 is 28.2 Å². The van der Waals surface area contributed by atoms with Crippen molar-refractivity contribution in [2.75, 3.05) is 27.4 Å². The number of hydrogen-bond acceptors (Lipinski definition) is 7. The van der Waals surface area contributed by atoms with Crippen LogP contribution < -0.4 is 19.6 Å². The summed E-state index contributed by atoms with van der Waals surface area (Å²) in [5.41, 5.74) is 1.31. The van der Waals surface area contributed by atoms with E-state index in [4.69, 9.17) is 23.4 Å². The molecule has 0 aliphatic rings. The van der Waals surface area contributed by atoms with Crippen LogP contribution in [0.2, 0.25) is 0 Å². The van der Waals surface area contributed by atoms with E-state index in [1.54, 1.807) is 57.4 Å². The first-order chi connectivity index (χ1) is 14.0. The molecule has 1 aromatic heterocycles. The lowest BCUT2D eigenvalue weighted by Crippen LogP contribution is -2.14. The Balaban J connectivity index is 2.00. The molecule has 0 saturated heterocycles. The molecule has 152 valence electrons. The van der Waals surface area contributed by atoms with Crippen molar-refractivity contribution >= 4 is 16.9 Å². The summed E-state index contributed by atoms with van der Waals surface area (Å²) < 4.78 is 26.7. The topological polar surface area (TPSA) is 84.2 Å². The van der Waals surface area contributed by atoms with Gasteiger partial charge in [0.05, 0.1) is 31.8 Å². The van der Waals surface area contributed by atoms with Gasteiger partial charge in [0.25, 0.3) is 0 Å². The molecule has 0 spiro atoms. The minimum Gasteiger partial charge on any atom is -0.493 e. The standard InChI is InChI=1S/C22H22O7/c1-5-27-20(23)12-28-15-7-8-16-18(11-15)29-13(2)21(22(16)24)14-6-9-17(25-3)19(10-14)26-4/h6-11H,5,12H2,1-4H3. The summed E-state index contributed by atoms with van der Waals surface area (Å²) in [4.78, 5) is 24.6. The van der Waals surface area contributed by atoms with Gasteiger partial charge in [-0.05, 0) is 43.7 Å². The van der Waals surface area contributed by atoms with Crippen LogP contribution in [0.1, 0.15) is 12.7 Å². The third kappa shape index (κ3) is 4.18. The fourth-order valence-electron chi connectivity index (χ4n) is 3.05. The molecule has 0 saturated carbocycles. The summed E-state index contributed by atoms with van der Waals surface area (Å²) in [7, 11) is 3.09. The average Bonchev–Trinajstić information content (AvgIpc) is 2.72. The number of esters is 1. The first-order valence-corrected chi connectivity index (χ1v) is 9.06. The molecule has 0 fully saturated rings. The normalized spacial score (nSPS) is 10.6. The molecular formula is C22H22O7. The number of carbonyl (C=O) groups is 1. The highest BCUT2D eigenvalue weighted by molar-refractivity contribution is 5.84. The molecular weight excluding hydrogens is 376 g/mol. The number of fused-ring (bicyclic) bond motifs is 1. The summed E-state index contributed by atoms with van der Waals surface area (Å²) in [6.45, 7) is 3.51. The van der Waals surface area contributed by atoms with E-state index in [1.165, 1.54) is 7.11 Å². The van der Waals surface area contributed by atoms with Crippen LogP contribution in [-0.4, -0.2) is 33.4 Å². The Kier molecular flexibility index (Phi) is 6.07. The van der Waals surface area contributed by atoms with Gasteiger partial charge in [-0.25, -0.2) is 4.79 Å². The van der Waals surface area contributed by atoms with Crippen molar-refractivity contribution in [3.8, 4) is 28.4 Å². The third-order valence-corrected chi connectivity index (χ3v) is 4.37. The van der Waals surface area contributed by atoms with Crippen molar-refractivity contribution in [3.05, 3.63) is 52.4 Å². The van der Waals surface area contributed by atoms with Crippen LogP contribution >= 0.6 is 0 Å². The van der Waals surface area contributed by atoms with E-state index >= 15 is 0 Å². The lowest BCUT2D eigenvalue weighted by Gasteiger charge is -2.12. The smallest absolute Gasteiger partial charge is 0.344 e. The Morgan fingerprint density at radius 2 is 1.79 bits per heavy atom. The van der Waals surface area contributed by atoms with Gasteiger partial charge in [0, 0.05) is 6.07 Å². The largest absolute Gasteiger partial charge is 0.493 e. The van der Waals surface area contributed by atoms with Crippen molar-refractivity contribution in [1.29, 1.82) is 0 Å². The van der Waals surface area contributed by atoms with Crippen LogP contribution in [0.15, 0.2) is 45.6 Å². The van der Waals surface area contributed by atoms with E-state index in [1.807, 2.05) is 0 Å². The van der Waals surface area contributed by atoms with Gasteiger partial charge in [-0.15, -0.1) is 0 Å². The highest BCUT2D eigenvalue weighted by atomic mass is 16.6. The van der Waals surface area contributed by atoms with Crippen LogP contribution in [0.3, 0.4) is 0 Å². The van der Waals surface area contributed by atoms with Gasteiger partial charge in [0.15, 0.2) is 18.1 Å². The Hall–Kier alpha value is -3.48. The molecule has 0 amide bonds. The summed E-state index contributed by atoms with van der Waals surface area (Å²) >= 11 is 0. The Bertz CT molecular complexity index is 1100. The molecule has 0 aliphatic carbocycles. The number of aryl methyl sites for hydroxylation is 1. The first-order valence-electron chi connectivity index (χ1n) is 9.06. The Labute approximate surface area is 167 Å². The molecule has 0 unspecified atom stereocenters. The zero-order valence-electron chi connectivity index (χ0n) is 16.7. The molecule has 7 nitrogen and oxygen atoms in total. The number of rotatable bonds is 7. The fourth-order valence-corrected chi connectivity index (χ4v) is 3.05. The monoisotopic (exact) mass is 398 g/mol. The zero-order valence-corrected chi connectivity index (χ0v) is 16.7. The minimum absolute atomic E-state index is 0.173. The van der Waals surface area contributed by atoms with Gasteiger partial charge in [0.2, 0.25) is 5.43 Å². The number of methoxy groups -OCH3 is 2. The predicted octanol–water partition coefficient (Wildman–Crippen LogP) is 3.73. The van der Waals surface area contributed by atoms with Crippen LogP contribution in [0.25, 0.3) is 22.1 Å². The molecule has 29 heavy (non-hydrogen) atoms. The van der Waals surface area contributed by atoms with E-state index in [0.29, 0.717) is 45.1 Å². The van der Waals surface area contributed by atoms with Crippen LogP contribution in [0.4, 0.5) is 0 Å². The van der Waals surface area contributed by atoms with E-state index in [0.717, 1.165) is 0 Å². The van der Waals surface area contributed by atoms with Crippen LogP contribution in [0, 0.1) is 6.92 Å². The SMILES string of the molecule is CCOC(=O)COc1ccc2c(=O)c(-c3ccc(OC)c(OC)c3)c(C)oc2c1. The highest BCUT2D eigenvalue weighted by Crippen LogP contribution is 2.33. The quantitative estimate of drug-likeness (QED) is 0.561. The molecule has 0 atom stereocenters. The molecule has 7 heteroatoms. The molecule has 3 rings (SSSR count). The maximum atomic E-state index is 13.1. The van der Waals surface area contributed by atoms with Crippen LogP contribution in [-0.2, 0) is 9.53 Å². The molecule has 2 aromatic carbocycles. The van der Waals surface area contributed by atoms with E-state index in [9.17, 15) is 9.59 Å². The summed E-state index contributed by atoms with van der Waals surface area (Å²) in [5, 5.41) is 0.406. The van der Waals surface area contributed by atoms with Gasteiger partial charge in [-0.2, -0.15) is 0 Å². The second-order valence-electron chi connectivity index (χ2n) is 6.18. The van der Waals surface area contributed by atoms with Crippen LogP contribution in [0.5, 0.6) is 17.2 Å². The van der Waals surface area contributed by atoms with E-state index in [-0.39, 0.29) is 18.6 Å². The Morgan fingerprint density at radius 3 is 2.48 bits per heavy atom. The van der Waals surface area contributed by atoms with Crippen molar-refractivity contribution in [2.45, 2.75) is 13.8 Å². The van der Waals surface area contributed by atoms with Gasteiger partial charge in [-0.3, -0.25) is 4.79 Å². The lowest BCUT2D eigenvalue weighted by molar-refractivity contribution is -0.145. The molecule has 0 aliphatic heterocycles. The van der Waals surface area contributed by atoms with Crippen molar-refractivity contribution in [3.63, 3.8) is 0 Å². The zero-order chi connectivity index (χ0) is 21.0. The lowest BCUT2D eigenvalue weighted by atomic mass is 10.0. The molecule has 0 bridgehead atoms. The summed E-state index contributed by atoms with van der Waals surface area (Å²) in [5.74, 6) is 1.49. The minimum atomic E-state index is -0.464. The highest BCUT2D eigenvalue weighted by Gasteiger charge is 2.16. The predicted molar refractivity (Wildman–Crippen MR) is 108 cm³/mol. The summed E-state index contributed by atoms with van der Waals surface area (Å²) in [6, 6.07) is 10.1. The molecule has 3 aromatic rings. The molecule has 0 N–H and O–H groups in total. The van der Waals surface area contributed by atoms with Gasteiger partial charge >= 0.3 is 5.97 Å². The van der Waals surface area contributed by atoms with Crippen molar-refractivity contribution in [1.82, 2.24) is 0 Å². The number of hydrogen-bond donors (Lipinski definition) is 0. The van der Waals surface area contributed by atoms with E-state index in [2.05, 4.69) is 0 Å². The average molecular weight is 398 g/mol. The Morgan fingerprint density at radius 1 is 1.03 bits per heavy atom. The maximum Gasteiger partial charge on any atom is 0.344 e. The summed E-state index contributed by atoms with van der Waals surface area (Å²) in [6.07, 6.45) is 0. The van der Waals surface area contributed by atoms with Crippen molar-refractivity contribution in [2.24, 2.45) is 0 Å². The second-order valence-corrected chi connectivity index (χ2v) is 6.18. The first kappa shape index (κ1) is 20.3. The number of benzene rings is 2. The van der Waals surface area contributed by atoms with Gasteiger partial charge < -0.3 is 23.4 Å². The fraction of sp³-hybridized carbons (Fsp3) is 0.273. The molecule has 1 heterocycles. The maximum absolute atomic E-state index is 13.1. The third-order valence-electron chi connectivity index (χ3n) is 4.37. The molecule has 0 radical (unpaired) electrons. The van der Waals surface area contributed by atoms with Gasteiger partial charge in [-0.1, -0.05) is 6.07 Å².